The topological polar surface area (TPSA) is 104 Å². The monoisotopic (exact) mass is 491 g/mol. The molecule has 2 atom stereocenters. The van der Waals surface area contributed by atoms with Gasteiger partial charge in [-0.2, -0.15) is 8.61 Å². The third kappa shape index (κ3) is 5.13. The molecule has 0 saturated carbocycles. The highest BCUT2D eigenvalue weighted by atomic mass is 32.2. The second kappa shape index (κ2) is 9.17. The van der Waals surface area contributed by atoms with Crippen LogP contribution in [0.3, 0.4) is 0 Å². The summed E-state index contributed by atoms with van der Waals surface area (Å²) in [6, 6.07) is 15.9. The molecule has 1 unspecified atom stereocenters. The van der Waals surface area contributed by atoms with Gasteiger partial charge in [0, 0.05) is 31.2 Å². The Balaban J connectivity index is 1.41. The molecular formula is C23H29N3O5S2. The van der Waals surface area contributed by atoms with Gasteiger partial charge < -0.3 is 5.32 Å². The molecule has 0 radical (unpaired) electrons. The van der Waals surface area contributed by atoms with Crippen molar-refractivity contribution in [2.45, 2.75) is 43.6 Å². The van der Waals surface area contributed by atoms with Crippen LogP contribution in [-0.2, 0) is 26.6 Å². The molecule has 2 aromatic rings. The summed E-state index contributed by atoms with van der Waals surface area (Å²) in [7, 11) is -6.75. The highest BCUT2D eigenvalue weighted by molar-refractivity contribution is 7.89. The van der Waals surface area contributed by atoms with E-state index in [0.717, 1.165) is 23.8 Å². The summed E-state index contributed by atoms with van der Waals surface area (Å²) < 4.78 is 52.5. The first kappa shape index (κ1) is 23.9. The van der Waals surface area contributed by atoms with E-state index in [4.69, 9.17) is 0 Å². The van der Waals surface area contributed by atoms with Gasteiger partial charge in [0.05, 0.1) is 12.3 Å². The molecule has 0 aromatic heterocycles. The maximum atomic E-state index is 13.4. The SMILES string of the molecule is C[C@H]1CCC(c2ccccc2)S(=O)(=O)N1Cc1ccc(C(=O)NC2CN(S(C)(=O)=O)C2)cc1. The lowest BCUT2D eigenvalue weighted by molar-refractivity contribution is 0.0896. The number of benzene rings is 2. The van der Waals surface area contributed by atoms with Crippen molar-refractivity contribution in [2.75, 3.05) is 19.3 Å². The third-order valence-corrected chi connectivity index (χ3v) is 10.0. The molecule has 1 amide bonds. The van der Waals surface area contributed by atoms with Crippen LogP contribution in [0.1, 0.15) is 46.5 Å². The molecule has 2 aromatic carbocycles. The van der Waals surface area contributed by atoms with Gasteiger partial charge in [-0.15, -0.1) is 0 Å². The fourth-order valence-corrected chi connectivity index (χ4v) is 7.46. The standard InChI is InChI=1S/C23H29N3O5S2/c1-17-8-13-22(19-6-4-3-5-7-19)33(30,31)26(17)14-18-9-11-20(12-10-18)23(27)24-21-15-25(16-21)32(2,28)29/h3-7,9-12,17,21-22H,8,13-16H2,1-2H3,(H,24,27)/t17-,22?/m0/s1. The summed E-state index contributed by atoms with van der Waals surface area (Å²) >= 11 is 0. The lowest BCUT2D eigenvalue weighted by Gasteiger charge is -2.37. The van der Waals surface area contributed by atoms with Crippen molar-refractivity contribution >= 4 is 26.0 Å². The summed E-state index contributed by atoms with van der Waals surface area (Å²) in [5, 5.41) is 2.28. The fourth-order valence-electron chi connectivity index (χ4n) is 4.36. The van der Waals surface area contributed by atoms with Crippen LogP contribution >= 0.6 is 0 Å². The van der Waals surface area contributed by atoms with Gasteiger partial charge in [0.25, 0.3) is 5.91 Å². The van der Waals surface area contributed by atoms with Gasteiger partial charge in [0.15, 0.2) is 0 Å². The Hall–Kier alpha value is -2.27. The second-order valence-corrected chi connectivity index (χ2v) is 12.9. The average molecular weight is 492 g/mol. The number of hydrogen-bond acceptors (Lipinski definition) is 5. The third-order valence-electron chi connectivity index (χ3n) is 6.40. The Morgan fingerprint density at radius 3 is 2.27 bits per heavy atom. The van der Waals surface area contributed by atoms with E-state index in [9.17, 15) is 21.6 Å². The smallest absolute Gasteiger partial charge is 0.251 e. The van der Waals surface area contributed by atoms with E-state index in [-0.39, 0.29) is 37.6 Å². The van der Waals surface area contributed by atoms with Crippen LogP contribution in [0.15, 0.2) is 54.6 Å². The fraction of sp³-hybridized carbons (Fsp3) is 0.435. The zero-order chi connectivity index (χ0) is 23.8. The first-order valence-corrected chi connectivity index (χ1v) is 14.3. The van der Waals surface area contributed by atoms with Crippen molar-refractivity contribution in [1.29, 1.82) is 0 Å². The summed E-state index contributed by atoms with van der Waals surface area (Å²) in [6.07, 6.45) is 2.53. The number of hydrogen-bond donors (Lipinski definition) is 1. The molecule has 8 nitrogen and oxygen atoms in total. The highest BCUT2D eigenvalue weighted by Gasteiger charge is 2.40. The number of sulfonamides is 2. The Labute approximate surface area is 195 Å². The number of amides is 1. The van der Waals surface area contributed by atoms with Crippen molar-refractivity contribution in [2.24, 2.45) is 0 Å². The van der Waals surface area contributed by atoms with Gasteiger partial charge in [-0.3, -0.25) is 4.79 Å². The molecule has 4 rings (SSSR count). The molecule has 2 heterocycles. The lowest BCUT2D eigenvalue weighted by Crippen LogP contribution is -2.60. The van der Waals surface area contributed by atoms with Crippen molar-refractivity contribution in [3.63, 3.8) is 0 Å². The number of rotatable bonds is 6. The lowest BCUT2D eigenvalue weighted by atomic mass is 10.0. The Morgan fingerprint density at radius 1 is 1.03 bits per heavy atom. The van der Waals surface area contributed by atoms with E-state index in [1.807, 2.05) is 37.3 Å². The van der Waals surface area contributed by atoms with Gasteiger partial charge in [0.1, 0.15) is 5.25 Å². The van der Waals surface area contributed by atoms with E-state index in [2.05, 4.69) is 5.32 Å². The zero-order valence-electron chi connectivity index (χ0n) is 18.7. The molecule has 2 fully saturated rings. The maximum absolute atomic E-state index is 13.4. The molecular weight excluding hydrogens is 462 g/mol. The predicted octanol–water partition coefficient (Wildman–Crippen LogP) is 2.12. The van der Waals surface area contributed by atoms with Gasteiger partial charge in [-0.1, -0.05) is 42.5 Å². The summed E-state index contributed by atoms with van der Waals surface area (Å²) in [5.41, 5.74) is 2.07. The van der Waals surface area contributed by atoms with E-state index < -0.39 is 25.3 Å². The molecule has 33 heavy (non-hydrogen) atoms. The van der Waals surface area contributed by atoms with Crippen molar-refractivity contribution in [3.8, 4) is 0 Å². The highest BCUT2D eigenvalue weighted by Crippen LogP contribution is 2.38. The van der Waals surface area contributed by atoms with Gasteiger partial charge >= 0.3 is 0 Å². The van der Waals surface area contributed by atoms with Gasteiger partial charge in [-0.05, 0) is 43.0 Å². The van der Waals surface area contributed by atoms with Crippen LogP contribution in [0.2, 0.25) is 0 Å². The first-order chi connectivity index (χ1) is 15.6. The van der Waals surface area contributed by atoms with Gasteiger partial charge in [0.2, 0.25) is 20.0 Å². The average Bonchev–Trinajstić information content (AvgIpc) is 2.73. The second-order valence-electron chi connectivity index (χ2n) is 8.86. The quantitative estimate of drug-likeness (QED) is 0.667. The van der Waals surface area contributed by atoms with Crippen molar-refractivity contribution < 1.29 is 21.6 Å². The molecule has 1 N–H and O–H groups in total. The zero-order valence-corrected chi connectivity index (χ0v) is 20.3. The Morgan fingerprint density at radius 2 is 1.67 bits per heavy atom. The largest absolute Gasteiger partial charge is 0.347 e. The molecule has 178 valence electrons. The normalized spacial score (nSPS) is 24.2. The molecule has 0 spiro atoms. The summed E-state index contributed by atoms with van der Waals surface area (Å²) in [6.45, 7) is 2.73. The van der Waals surface area contributed by atoms with Crippen molar-refractivity contribution in [1.82, 2.24) is 13.9 Å². The van der Waals surface area contributed by atoms with Crippen LogP contribution in [0.25, 0.3) is 0 Å². The van der Waals surface area contributed by atoms with E-state index >= 15 is 0 Å². The van der Waals surface area contributed by atoms with Crippen LogP contribution < -0.4 is 5.32 Å². The number of carbonyl (C=O) groups excluding carboxylic acids is 1. The van der Waals surface area contributed by atoms with Gasteiger partial charge in [-0.25, -0.2) is 16.8 Å². The molecule has 0 bridgehead atoms. The van der Waals surface area contributed by atoms with Crippen LogP contribution in [0, 0.1) is 0 Å². The first-order valence-electron chi connectivity index (χ1n) is 11.0. The molecule has 2 saturated heterocycles. The minimum atomic E-state index is -3.52. The minimum absolute atomic E-state index is 0.102. The summed E-state index contributed by atoms with van der Waals surface area (Å²) in [4.78, 5) is 12.5. The molecule has 0 aliphatic carbocycles. The Kier molecular flexibility index (Phi) is 6.63. The minimum Gasteiger partial charge on any atom is -0.347 e. The predicted molar refractivity (Wildman–Crippen MR) is 126 cm³/mol. The number of nitrogens with one attached hydrogen (secondary N) is 1. The number of nitrogens with zero attached hydrogens (tertiary/aromatic N) is 2. The van der Waals surface area contributed by atoms with Crippen LogP contribution in [0.5, 0.6) is 0 Å². The summed E-state index contributed by atoms with van der Waals surface area (Å²) in [5.74, 6) is -0.275. The van der Waals surface area contributed by atoms with E-state index in [1.54, 1.807) is 28.6 Å². The van der Waals surface area contributed by atoms with Crippen LogP contribution in [0.4, 0.5) is 0 Å². The maximum Gasteiger partial charge on any atom is 0.251 e. The molecule has 10 heteroatoms. The molecule has 2 aliphatic rings. The van der Waals surface area contributed by atoms with Crippen molar-refractivity contribution in [3.05, 3.63) is 71.3 Å². The Bertz CT molecular complexity index is 1210. The van der Waals surface area contributed by atoms with E-state index in [1.165, 1.54) is 4.31 Å². The van der Waals surface area contributed by atoms with Crippen LogP contribution in [-0.4, -0.2) is 62.8 Å². The van der Waals surface area contributed by atoms with E-state index in [0.29, 0.717) is 12.0 Å². The number of carbonyl (C=O) groups is 1. The molecule has 2 aliphatic heterocycles.